The molecule has 0 radical (unpaired) electrons. The molecular formula is C25H29NO4S. The minimum absolute atomic E-state index is 0.0387. The Hall–Kier alpha value is -2.57. The van der Waals surface area contributed by atoms with Crippen molar-refractivity contribution in [3.8, 4) is 5.75 Å². The zero-order valence-corrected chi connectivity index (χ0v) is 19.3. The number of amides is 2. The normalized spacial score (nSPS) is 14.3. The molecule has 0 unspecified atom stereocenters. The zero-order valence-electron chi connectivity index (χ0n) is 18.5. The number of hydrogen-bond acceptors (Lipinski definition) is 5. The van der Waals surface area contributed by atoms with Crippen molar-refractivity contribution in [1.29, 1.82) is 0 Å². The predicted octanol–water partition coefficient (Wildman–Crippen LogP) is 5.02. The Morgan fingerprint density at radius 1 is 0.903 bits per heavy atom. The van der Waals surface area contributed by atoms with Crippen molar-refractivity contribution in [2.45, 2.75) is 38.7 Å². The minimum Gasteiger partial charge on any atom is -0.493 e. The van der Waals surface area contributed by atoms with E-state index in [1.165, 1.54) is 16.7 Å². The van der Waals surface area contributed by atoms with E-state index in [4.69, 9.17) is 9.47 Å². The SMILES string of the molecule is CC(C)COc1ccc(C2=C(Sc3ccccc3)C(=O)N(CCOC(C)C)C2=O)cc1. The van der Waals surface area contributed by atoms with E-state index in [0.29, 0.717) is 35.2 Å². The van der Waals surface area contributed by atoms with E-state index in [9.17, 15) is 9.59 Å². The third-order valence-corrected chi connectivity index (χ3v) is 5.67. The summed E-state index contributed by atoms with van der Waals surface area (Å²) in [6, 6.07) is 17.0. The van der Waals surface area contributed by atoms with Gasteiger partial charge in [0.1, 0.15) is 5.75 Å². The van der Waals surface area contributed by atoms with Crippen LogP contribution in [0.25, 0.3) is 5.57 Å². The van der Waals surface area contributed by atoms with Gasteiger partial charge in [-0.15, -0.1) is 0 Å². The molecule has 164 valence electrons. The molecule has 2 aromatic carbocycles. The first-order valence-electron chi connectivity index (χ1n) is 10.5. The first-order valence-corrected chi connectivity index (χ1v) is 11.4. The molecule has 31 heavy (non-hydrogen) atoms. The van der Waals surface area contributed by atoms with Crippen LogP contribution >= 0.6 is 11.8 Å². The molecule has 2 amide bonds. The lowest BCUT2D eigenvalue weighted by Gasteiger charge is -2.16. The van der Waals surface area contributed by atoms with E-state index in [0.717, 1.165) is 10.6 Å². The maximum absolute atomic E-state index is 13.2. The van der Waals surface area contributed by atoms with Crippen LogP contribution in [0.1, 0.15) is 33.3 Å². The molecule has 2 aromatic rings. The van der Waals surface area contributed by atoms with E-state index in [-0.39, 0.29) is 24.5 Å². The Balaban J connectivity index is 1.89. The molecule has 0 saturated carbocycles. The van der Waals surface area contributed by atoms with E-state index in [1.54, 1.807) is 0 Å². The van der Waals surface area contributed by atoms with Crippen LogP contribution in [-0.2, 0) is 14.3 Å². The van der Waals surface area contributed by atoms with Gasteiger partial charge in [0.15, 0.2) is 0 Å². The minimum atomic E-state index is -0.286. The van der Waals surface area contributed by atoms with Crippen LogP contribution in [0, 0.1) is 5.92 Å². The van der Waals surface area contributed by atoms with Crippen molar-refractivity contribution >= 4 is 29.1 Å². The van der Waals surface area contributed by atoms with Gasteiger partial charge in [-0.25, -0.2) is 0 Å². The fourth-order valence-electron chi connectivity index (χ4n) is 3.07. The molecule has 0 N–H and O–H groups in total. The zero-order chi connectivity index (χ0) is 22.4. The Kier molecular flexibility index (Phi) is 7.93. The van der Waals surface area contributed by atoms with Crippen LogP contribution in [0.2, 0.25) is 0 Å². The van der Waals surface area contributed by atoms with Gasteiger partial charge in [0.05, 0.1) is 36.3 Å². The Labute approximate surface area is 188 Å². The molecule has 1 heterocycles. The van der Waals surface area contributed by atoms with Crippen LogP contribution in [0.4, 0.5) is 0 Å². The quantitative estimate of drug-likeness (QED) is 0.487. The van der Waals surface area contributed by atoms with Crippen molar-refractivity contribution < 1.29 is 19.1 Å². The second-order valence-corrected chi connectivity index (χ2v) is 9.11. The first kappa shape index (κ1) is 23.1. The second-order valence-electron chi connectivity index (χ2n) is 8.03. The maximum atomic E-state index is 13.2. The number of carbonyl (C=O) groups excluding carboxylic acids is 2. The predicted molar refractivity (Wildman–Crippen MR) is 124 cm³/mol. The van der Waals surface area contributed by atoms with Crippen LogP contribution in [0.15, 0.2) is 64.4 Å². The second kappa shape index (κ2) is 10.6. The number of nitrogens with zero attached hydrogens (tertiary/aromatic N) is 1. The smallest absolute Gasteiger partial charge is 0.268 e. The average molecular weight is 440 g/mol. The highest BCUT2D eigenvalue weighted by molar-refractivity contribution is 8.04. The lowest BCUT2D eigenvalue weighted by molar-refractivity contribution is -0.137. The molecule has 0 aromatic heterocycles. The van der Waals surface area contributed by atoms with E-state index < -0.39 is 0 Å². The molecule has 1 aliphatic rings. The van der Waals surface area contributed by atoms with Crippen molar-refractivity contribution in [2.24, 2.45) is 5.92 Å². The first-order chi connectivity index (χ1) is 14.9. The van der Waals surface area contributed by atoms with Crippen LogP contribution in [0.5, 0.6) is 5.75 Å². The number of ether oxygens (including phenoxy) is 2. The summed E-state index contributed by atoms with van der Waals surface area (Å²) < 4.78 is 11.3. The number of thioether (sulfide) groups is 1. The third kappa shape index (κ3) is 5.99. The number of benzene rings is 2. The largest absolute Gasteiger partial charge is 0.493 e. The van der Waals surface area contributed by atoms with Gasteiger partial charge in [0, 0.05) is 4.90 Å². The molecule has 3 rings (SSSR count). The summed E-state index contributed by atoms with van der Waals surface area (Å²) in [5.74, 6) is 0.606. The van der Waals surface area contributed by atoms with Gasteiger partial charge < -0.3 is 9.47 Å². The topological polar surface area (TPSA) is 55.8 Å². The van der Waals surface area contributed by atoms with E-state index in [2.05, 4.69) is 13.8 Å². The fraction of sp³-hybridized carbons (Fsp3) is 0.360. The maximum Gasteiger partial charge on any atom is 0.268 e. The molecule has 0 aliphatic carbocycles. The highest BCUT2D eigenvalue weighted by atomic mass is 32.2. The summed E-state index contributed by atoms with van der Waals surface area (Å²) in [5.41, 5.74) is 1.14. The van der Waals surface area contributed by atoms with Gasteiger partial charge in [-0.1, -0.05) is 55.9 Å². The lowest BCUT2D eigenvalue weighted by atomic mass is 10.1. The van der Waals surface area contributed by atoms with Gasteiger partial charge in [-0.05, 0) is 49.6 Å². The summed E-state index contributed by atoms with van der Waals surface area (Å²) in [7, 11) is 0. The van der Waals surface area contributed by atoms with Gasteiger partial charge in [-0.3, -0.25) is 14.5 Å². The lowest BCUT2D eigenvalue weighted by Crippen LogP contribution is -2.35. The van der Waals surface area contributed by atoms with E-state index >= 15 is 0 Å². The van der Waals surface area contributed by atoms with Crippen molar-refractivity contribution in [2.75, 3.05) is 19.8 Å². The average Bonchev–Trinajstić information content (AvgIpc) is 2.97. The summed E-state index contributed by atoms with van der Waals surface area (Å²) in [6.07, 6.45) is 0.0387. The molecule has 0 bridgehead atoms. The van der Waals surface area contributed by atoms with Crippen LogP contribution in [0.3, 0.4) is 0 Å². The Morgan fingerprint density at radius 2 is 1.58 bits per heavy atom. The molecule has 0 atom stereocenters. The van der Waals surface area contributed by atoms with E-state index in [1.807, 2.05) is 68.4 Å². The monoisotopic (exact) mass is 439 g/mol. The molecule has 6 heteroatoms. The molecule has 0 fully saturated rings. The molecule has 0 spiro atoms. The molecule has 0 saturated heterocycles. The number of carbonyl (C=O) groups is 2. The highest BCUT2D eigenvalue weighted by Gasteiger charge is 2.39. The van der Waals surface area contributed by atoms with Crippen LogP contribution in [-0.4, -0.2) is 42.6 Å². The Morgan fingerprint density at radius 3 is 2.19 bits per heavy atom. The summed E-state index contributed by atoms with van der Waals surface area (Å²) in [5, 5.41) is 0. The van der Waals surface area contributed by atoms with Crippen LogP contribution < -0.4 is 4.74 Å². The standard InChI is InChI=1S/C25H29NO4S/c1-17(2)16-30-20-12-10-19(11-13-20)22-23(31-21-8-6-5-7-9-21)25(28)26(24(22)27)14-15-29-18(3)4/h5-13,17-18H,14-16H2,1-4H3. The Bertz CT molecular complexity index is 936. The number of imide groups is 1. The van der Waals surface area contributed by atoms with Gasteiger partial charge >= 0.3 is 0 Å². The fourth-order valence-corrected chi connectivity index (χ4v) is 4.11. The molecule has 1 aliphatic heterocycles. The third-order valence-electron chi connectivity index (χ3n) is 4.58. The summed E-state index contributed by atoms with van der Waals surface area (Å²) in [4.78, 5) is 29.0. The van der Waals surface area contributed by atoms with Crippen molar-refractivity contribution in [1.82, 2.24) is 4.90 Å². The van der Waals surface area contributed by atoms with Crippen molar-refractivity contribution in [3.05, 3.63) is 65.1 Å². The summed E-state index contributed by atoms with van der Waals surface area (Å²) >= 11 is 1.32. The number of rotatable bonds is 10. The summed E-state index contributed by atoms with van der Waals surface area (Å²) in [6.45, 7) is 9.20. The van der Waals surface area contributed by atoms with Gasteiger partial charge in [-0.2, -0.15) is 0 Å². The number of hydrogen-bond donors (Lipinski definition) is 0. The molecular weight excluding hydrogens is 410 g/mol. The molecule has 5 nitrogen and oxygen atoms in total. The van der Waals surface area contributed by atoms with Gasteiger partial charge in [0.2, 0.25) is 0 Å². The van der Waals surface area contributed by atoms with Gasteiger partial charge in [0.25, 0.3) is 11.8 Å². The van der Waals surface area contributed by atoms with Crippen molar-refractivity contribution in [3.63, 3.8) is 0 Å². The highest BCUT2D eigenvalue weighted by Crippen LogP contribution is 2.39.